The van der Waals surface area contributed by atoms with Gasteiger partial charge in [-0.3, -0.25) is 4.79 Å². The number of carbonyl (C=O) groups excluding carboxylic acids is 1. The summed E-state index contributed by atoms with van der Waals surface area (Å²) in [7, 11) is -3.40. The Bertz CT molecular complexity index is 948. The lowest BCUT2D eigenvalue weighted by Crippen LogP contribution is -2.50. The Labute approximate surface area is 196 Å². The SMILES string of the molecule is C[C@@H]1C[C@H](NS(C)(=O)=O)[C@@H]2COC3CCC(CC3)c3cc(F)cc(c3)OCCCCC(=O)N12. The number of nitrogens with zero attached hydrogens (tertiary/aromatic N) is 1. The van der Waals surface area contributed by atoms with E-state index in [0.29, 0.717) is 44.6 Å². The van der Waals surface area contributed by atoms with Crippen molar-refractivity contribution in [3.8, 4) is 5.75 Å². The number of amides is 1. The van der Waals surface area contributed by atoms with Gasteiger partial charge in [-0.25, -0.2) is 17.5 Å². The summed E-state index contributed by atoms with van der Waals surface area (Å²) in [6, 6.07) is 4.22. The van der Waals surface area contributed by atoms with Crippen molar-refractivity contribution in [2.24, 2.45) is 0 Å². The van der Waals surface area contributed by atoms with E-state index in [1.165, 1.54) is 6.07 Å². The Morgan fingerprint density at radius 2 is 1.88 bits per heavy atom. The van der Waals surface area contributed by atoms with E-state index in [-0.39, 0.29) is 41.9 Å². The molecule has 9 heteroatoms. The van der Waals surface area contributed by atoms with Crippen molar-refractivity contribution < 1.29 is 27.1 Å². The van der Waals surface area contributed by atoms with Gasteiger partial charge in [-0.1, -0.05) is 0 Å². The molecule has 1 amide bonds. The Balaban J connectivity index is 1.53. The van der Waals surface area contributed by atoms with Crippen molar-refractivity contribution in [3.05, 3.63) is 29.6 Å². The maximum absolute atomic E-state index is 14.2. The van der Waals surface area contributed by atoms with Crippen LogP contribution in [0.3, 0.4) is 0 Å². The molecule has 0 unspecified atom stereocenters. The highest BCUT2D eigenvalue weighted by Crippen LogP contribution is 2.36. The molecule has 5 rings (SSSR count). The van der Waals surface area contributed by atoms with Crippen LogP contribution < -0.4 is 9.46 Å². The highest BCUT2D eigenvalue weighted by atomic mass is 32.2. The van der Waals surface area contributed by atoms with Gasteiger partial charge in [-0.15, -0.1) is 0 Å². The van der Waals surface area contributed by atoms with Crippen LogP contribution in [0.1, 0.15) is 69.8 Å². The van der Waals surface area contributed by atoms with Gasteiger partial charge in [0.15, 0.2) is 0 Å². The number of hydrogen-bond donors (Lipinski definition) is 1. The van der Waals surface area contributed by atoms with E-state index in [9.17, 15) is 17.6 Å². The summed E-state index contributed by atoms with van der Waals surface area (Å²) >= 11 is 0. The number of sulfonamides is 1. The molecule has 0 aromatic heterocycles. The number of benzene rings is 1. The first-order valence-electron chi connectivity index (χ1n) is 12.0. The molecule has 2 fully saturated rings. The van der Waals surface area contributed by atoms with Crippen LogP contribution in [0, 0.1) is 5.82 Å². The third-order valence-electron chi connectivity index (χ3n) is 7.14. The first-order chi connectivity index (χ1) is 15.7. The van der Waals surface area contributed by atoms with Crippen molar-refractivity contribution in [1.29, 1.82) is 0 Å². The van der Waals surface area contributed by atoms with E-state index >= 15 is 0 Å². The molecule has 1 saturated carbocycles. The van der Waals surface area contributed by atoms with Crippen LogP contribution in [0.5, 0.6) is 5.75 Å². The topological polar surface area (TPSA) is 84.9 Å². The summed E-state index contributed by atoms with van der Waals surface area (Å²) in [5, 5.41) is 0. The Morgan fingerprint density at radius 1 is 1.12 bits per heavy atom. The molecule has 1 N–H and O–H groups in total. The van der Waals surface area contributed by atoms with Gasteiger partial charge >= 0.3 is 0 Å². The van der Waals surface area contributed by atoms with Gasteiger partial charge in [0.1, 0.15) is 11.6 Å². The fraction of sp³-hybridized carbons (Fsp3) is 0.708. The number of fused-ring (bicyclic) bond motifs is 8. The Hall–Kier alpha value is -1.71. The summed E-state index contributed by atoms with van der Waals surface area (Å²) in [6.45, 7) is 2.70. The standard InChI is InChI=1S/C24H35FN2O5S/c1-16-11-22(26-33(2,29)30)23-15-32-20-8-6-17(7-9-20)18-12-19(25)14-21(13-18)31-10-4-3-5-24(28)27(16)23/h12-14,16-17,20,22-23,26H,3-11,15H2,1-2H3/t16-,17?,20?,22+,23+/m1/s1. The van der Waals surface area contributed by atoms with Crippen LogP contribution in [-0.2, 0) is 19.6 Å². The maximum Gasteiger partial charge on any atom is 0.223 e. The van der Waals surface area contributed by atoms with Crippen molar-refractivity contribution in [3.63, 3.8) is 0 Å². The molecule has 4 bridgehead atoms. The summed E-state index contributed by atoms with van der Waals surface area (Å²) in [4.78, 5) is 14.9. The quantitative estimate of drug-likeness (QED) is 0.699. The first-order valence-corrected chi connectivity index (χ1v) is 13.9. The minimum Gasteiger partial charge on any atom is -0.493 e. The molecule has 1 aromatic carbocycles. The van der Waals surface area contributed by atoms with Gasteiger partial charge in [0.25, 0.3) is 0 Å². The zero-order valence-electron chi connectivity index (χ0n) is 19.5. The normalized spacial score (nSPS) is 31.7. The molecule has 4 aliphatic rings. The minimum absolute atomic E-state index is 0.00923. The van der Waals surface area contributed by atoms with Gasteiger partial charge in [0.05, 0.1) is 31.6 Å². The lowest BCUT2D eigenvalue weighted by molar-refractivity contribution is -0.136. The largest absolute Gasteiger partial charge is 0.493 e. The minimum atomic E-state index is -3.40. The van der Waals surface area contributed by atoms with Gasteiger partial charge in [-0.2, -0.15) is 0 Å². The van der Waals surface area contributed by atoms with E-state index in [4.69, 9.17) is 9.47 Å². The molecule has 1 aliphatic carbocycles. The van der Waals surface area contributed by atoms with Gasteiger partial charge in [0.2, 0.25) is 15.9 Å². The zero-order valence-corrected chi connectivity index (χ0v) is 20.3. The summed E-state index contributed by atoms with van der Waals surface area (Å²) in [5.41, 5.74) is 0.969. The van der Waals surface area contributed by atoms with Crippen LogP contribution in [0.4, 0.5) is 4.39 Å². The molecule has 3 aliphatic heterocycles. The van der Waals surface area contributed by atoms with Crippen LogP contribution in [0.2, 0.25) is 0 Å². The van der Waals surface area contributed by atoms with Crippen LogP contribution in [0.15, 0.2) is 18.2 Å². The van der Waals surface area contributed by atoms with Crippen LogP contribution in [0.25, 0.3) is 0 Å². The van der Waals surface area contributed by atoms with E-state index < -0.39 is 10.0 Å². The van der Waals surface area contributed by atoms with Crippen LogP contribution >= 0.6 is 0 Å². The number of hydrogen-bond acceptors (Lipinski definition) is 5. The average molecular weight is 483 g/mol. The zero-order chi connectivity index (χ0) is 23.6. The Morgan fingerprint density at radius 3 is 2.61 bits per heavy atom. The molecule has 33 heavy (non-hydrogen) atoms. The third-order valence-corrected chi connectivity index (χ3v) is 7.87. The summed E-state index contributed by atoms with van der Waals surface area (Å²) in [6.07, 6.45) is 6.93. The Kier molecular flexibility index (Phi) is 7.60. The van der Waals surface area contributed by atoms with Gasteiger partial charge in [-0.05, 0) is 75.5 Å². The van der Waals surface area contributed by atoms with Crippen molar-refractivity contribution in [2.45, 2.75) is 88.4 Å². The van der Waals surface area contributed by atoms with Crippen molar-refractivity contribution in [1.82, 2.24) is 9.62 Å². The fourth-order valence-electron chi connectivity index (χ4n) is 5.59. The first kappa shape index (κ1) is 24.4. The van der Waals surface area contributed by atoms with Crippen molar-refractivity contribution in [2.75, 3.05) is 19.5 Å². The molecule has 0 radical (unpaired) electrons. The number of nitrogens with one attached hydrogen (secondary N) is 1. The number of ether oxygens (including phenoxy) is 2. The number of carbonyl (C=O) groups is 1. The van der Waals surface area contributed by atoms with E-state index in [2.05, 4.69) is 4.72 Å². The van der Waals surface area contributed by atoms with E-state index in [1.54, 1.807) is 6.07 Å². The smallest absolute Gasteiger partial charge is 0.223 e. The van der Waals surface area contributed by atoms with E-state index in [0.717, 1.165) is 37.5 Å². The monoisotopic (exact) mass is 482 g/mol. The second kappa shape index (κ2) is 10.3. The maximum atomic E-state index is 14.2. The predicted octanol–water partition coefficient (Wildman–Crippen LogP) is 3.34. The summed E-state index contributed by atoms with van der Waals surface area (Å²) < 4.78 is 52.9. The highest BCUT2D eigenvalue weighted by Gasteiger charge is 2.43. The molecule has 1 saturated heterocycles. The lowest BCUT2D eigenvalue weighted by atomic mass is 9.82. The van der Waals surface area contributed by atoms with Gasteiger partial charge < -0.3 is 14.4 Å². The average Bonchev–Trinajstić information content (AvgIpc) is 3.04. The van der Waals surface area contributed by atoms with Crippen molar-refractivity contribution >= 4 is 15.9 Å². The molecule has 184 valence electrons. The number of rotatable bonds is 2. The fourth-order valence-corrected chi connectivity index (χ4v) is 6.39. The third kappa shape index (κ3) is 6.25. The lowest BCUT2D eigenvalue weighted by Gasteiger charge is -2.34. The summed E-state index contributed by atoms with van der Waals surface area (Å²) in [5.74, 6) is 0.535. The highest BCUT2D eigenvalue weighted by molar-refractivity contribution is 7.88. The van der Waals surface area contributed by atoms with Crippen LogP contribution in [-0.4, -0.2) is 62.9 Å². The molecular weight excluding hydrogens is 447 g/mol. The molecule has 0 spiro atoms. The molecule has 7 nitrogen and oxygen atoms in total. The van der Waals surface area contributed by atoms with E-state index in [1.807, 2.05) is 17.9 Å². The molecule has 3 atom stereocenters. The molecule has 1 aromatic rings. The molecular formula is C24H35FN2O5S. The van der Waals surface area contributed by atoms with Gasteiger partial charge in [0, 0.05) is 24.6 Å². The predicted molar refractivity (Wildman–Crippen MR) is 123 cm³/mol. The number of halogens is 1. The second-order valence-electron chi connectivity index (χ2n) is 9.78. The molecule has 3 heterocycles. The second-order valence-corrected chi connectivity index (χ2v) is 11.6.